The van der Waals surface area contributed by atoms with E-state index in [4.69, 9.17) is 0 Å². The molecule has 1 N–H and O–H groups in total. The number of thioether (sulfide) groups is 1. The number of nitrogens with zero attached hydrogens (tertiary/aromatic N) is 1. The van der Waals surface area contributed by atoms with Gasteiger partial charge in [-0.15, -0.1) is 11.3 Å². The number of imide groups is 1. The maximum Gasteiger partial charge on any atom is 0.293 e. The molecule has 0 unspecified atom stereocenters. The smallest absolute Gasteiger partial charge is 0.293 e. The van der Waals surface area contributed by atoms with Crippen molar-refractivity contribution in [2.45, 2.75) is 6.92 Å². The van der Waals surface area contributed by atoms with E-state index >= 15 is 0 Å². The molecule has 8 heteroatoms. The van der Waals surface area contributed by atoms with Crippen molar-refractivity contribution in [2.75, 3.05) is 13.1 Å². The van der Waals surface area contributed by atoms with E-state index in [-0.39, 0.29) is 29.5 Å². The first kappa shape index (κ1) is 18.3. The monoisotopic (exact) mass is 390 g/mol. The molecule has 1 saturated heterocycles. The van der Waals surface area contributed by atoms with Crippen molar-refractivity contribution in [2.24, 2.45) is 0 Å². The van der Waals surface area contributed by atoms with Crippen LogP contribution in [0.3, 0.4) is 0 Å². The topological polar surface area (TPSA) is 66.5 Å². The van der Waals surface area contributed by atoms with E-state index in [0.29, 0.717) is 4.88 Å². The first-order valence-electron chi connectivity index (χ1n) is 7.80. The zero-order chi connectivity index (χ0) is 18.7. The van der Waals surface area contributed by atoms with Gasteiger partial charge in [-0.05, 0) is 43.0 Å². The van der Waals surface area contributed by atoms with Gasteiger partial charge >= 0.3 is 0 Å². The van der Waals surface area contributed by atoms with Gasteiger partial charge in [0.1, 0.15) is 5.82 Å². The molecule has 1 aliphatic heterocycles. The molecule has 2 aromatic rings. The number of hydrogen-bond donors (Lipinski definition) is 1. The number of benzene rings is 1. The van der Waals surface area contributed by atoms with Gasteiger partial charge in [-0.2, -0.15) is 0 Å². The fraction of sp³-hybridized carbons (Fsp3) is 0.167. The number of aryl methyl sites for hydroxylation is 1. The van der Waals surface area contributed by atoms with Crippen LogP contribution in [-0.2, 0) is 4.79 Å². The van der Waals surface area contributed by atoms with Crippen molar-refractivity contribution < 1.29 is 18.8 Å². The fourth-order valence-electron chi connectivity index (χ4n) is 2.35. The Morgan fingerprint density at radius 3 is 2.69 bits per heavy atom. The lowest BCUT2D eigenvalue weighted by Gasteiger charge is -2.12. The second kappa shape index (κ2) is 7.84. The van der Waals surface area contributed by atoms with Crippen LogP contribution in [0.1, 0.15) is 20.1 Å². The molecule has 3 amide bonds. The molecular weight excluding hydrogens is 375 g/mol. The highest BCUT2D eigenvalue weighted by Gasteiger charge is 2.34. The molecule has 134 valence electrons. The highest BCUT2D eigenvalue weighted by molar-refractivity contribution is 8.18. The summed E-state index contributed by atoms with van der Waals surface area (Å²) in [6.45, 7) is 2.12. The molecule has 3 rings (SSSR count). The maximum atomic E-state index is 13.7. The van der Waals surface area contributed by atoms with Gasteiger partial charge in [0.25, 0.3) is 17.1 Å². The number of carbonyl (C=O) groups excluding carboxylic acids is 3. The predicted octanol–water partition coefficient (Wildman–Crippen LogP) is 3.66. The summed E-state index contributed by atoms with van der Waals surface area (Å²) in [5, 5.41) is 2.26. The third-order valence-electron chi connectivity index (χ3n) is 3.65. The lowest BCUT2D eigenvalue weighted by Crippen LogP contribution is -2.37. The maximum absolute atomic E-state index is 13.7. The predicted molar refractivity (Wildman–Crippen MR) is 100 cm³/mol. The summed E-state index contributed by atoms with van der Waals surface area (Å²) in [5.74, 6) is -1.18. The van der Waals surface area contributed by atoms with Gasteiger partial charge in [-0.3, -0.25) is 19.3 Å². The van der Waals surface area contributed by atoms with E-state index in [9.17, 15) is 18.8 Å². The molecule has 0 atom stereocenters. The van der Waals surface area contributed by atoms with E-state index in [2.05, 4.69) is 5.32 Å². The van der Waals surface area contributed by atoms with E-state index in [1.54, 1.807) is 18.2 Å². The summed E-state index contributed by atoms with van der Waals surface area (Å²) in [5.41, 5.74) is 0.249. The van der Waals surface area contributed by atoms with E-state index < -0.39 is 17.0 Å². The van der Waals surface area contributed by atoms with Gasteiger partial charge in [-0.25, -0.2) is 4.39 Å². The molecule has 26 heavy (non-hydrogen) atoms. The number of nitrogens with one attached hydrogen (secondary N) is 1. The van der Waals surface area contributed by atoms with Crippen LogP contribution in [-0.4, -0.2) is 35.0 Å². The van der Waals surface area contributed by atoms with Crippen molar-refractivity contribution in [1.29, 1.82) is 0 Å². The van der Waals surface area contributed by atoms with Crippen LogP contribution in [0.4, 0.5) is 9.18 Å². The second-order valence-corrected chi connectivity index (χ2v) is 7.80. The van der Waals surface area contributed by atoms with Crippen molar-refractivity contribution in [3.63, 3.8) is 0 Å². The molecule has 0 aliphatic carbocycles. The third kappa shape index (κ3) is 4.03. The van der Waals surface area contributed by atoms with Crippen LogP contribution in [0.5, 0.6) is 0 Å². The lowest BCUT2D eigenvalue weighted by atomic mass is 10.2. The summed E-state index contributed by atoms with van der Waals surface area (Å²) in [6.07, 6.45) is 1.37. The van der Waals surface area contributed by atoms with Crippen LogP contribution < -0.4 is 5.32 Å². The average molecular weight is 390 g/mol. The minimum absolute atomic E-state index is 0.0649. The number of carbonyl (C=O) groups is 3. The van der Waals surface area contributed by atoms with E-state index in [0.717, 1.165) is 21.5 Å². The van der Waals surface area contributed by atoms with Crippen molar-refractivity contribution in [1.82, 2.24) is 10.2 Å². The van der Waals surface area contributed by atoms with Crippen LogP contribution in [0.2, 0.25) is 0 Å². The average Bonchev–Trinajstić information content (AvgIpc) is 3.15. The molecule has 1 aliphatic rings. The number of rotatable bonds is 5. The zero-order valence-corrected chi connectivity index (χ0v) is 15.5. The zero-order valence-electron chi connectivity index (χ0n) is 13.8. The minimum atomic E-state index is -0.482. The van der Waals surface area contributed by atoms with E-state index in [1.165, 1.54) is 29.5 Å². The van der Waals surface area contributed by atoms with Gasteiger partial charge in [0, 0.05) is 23.5 Å². The molecular formula is C18H15FN2O3S2. The largest absolute Gasteiger partial charge is 0.350 e. The standard InChI is InChI=1S/C18H15FN2O3S2/c1-11-6-7-14(25-11)16(22)20-8-9-21-17(23)15(26-18(21)24)10-12-4-2-3-5-13(12)19/h2-7,10H,8-9H2,1H3,(H,20,22)/b15-10-. The first-order chi connectivity index (χ1) is 12.5. The fourth-order valence-corrected chi connectivity index (χ4v) is 3.99. The Morgan fingerprint density at radius 2 is 2.00 bits per heavy atom. The van der Waals surface area contributed by atoms with Gasteiger partial charge in [-0.1, -0.05) is 18.2 Å². The molecule has 0 bridgehead atoms. The number of amides is 3. The molecule has 1 fully saturated rings. The van der Waals surface area contributed by atoms with E-state index in [1.807, 2.05) is 13.0 Å². The summed E-state index contributed by atoms with van der Waals surface area (Å²) < 4.78 is 13.7. The molecule has 1 aromatic carbocycles. The summed E-state index contributed by atoms with van der Waals surface area (Å²) in [7, 11) is 0. The molecule has 1 aromatic heterocycles. The van der Waals surface area contributed by atoms with Crippen molar-refractivity contribution in [3.05, 3.63) is 62.4 Å². The molecule has 2 heterocycles. The Labute approximate surface area is 157 Å². The van der Waals surface area contributed by atoms with Crippen LogP contribution in [0.15, 0.2) is 41.3 Å². The molecule has 0 saturated carbocycles. The highest BCUT2D eigenvalue weighted by Crippen LogP contribution is 2.32. The normalized spacial score (nSPS) is 15.8. The van der Waals surface area contributed by atoms with Gasteiger partial charge in [0.2, 0.25) is 0 Å². The summed E-state index contributed by atoms with van der Waals surface area (Å²) >= 11 is 2.14. The van der Waals surface area contributed by atoms with Gasteiger partial charge in [0.05, 0.1) is 9.78 Å². The SMILES string of the molecule is Cc1ccc(C(=O)NCCN2C(=O)S/C(=C\c3ccccc3F)C2=O)s1. The molecule has 0 spiro atoms. The molecule has 0 radical (unpaired) electrons. The Morgan fingerprint density at radius 1 is 1.23 bits per heavy atom. The lowest BCUT2D eigenvalue weighted by molar-refractivity contribution is -0.122. The summed E-state index contributed by atoms with van der Waals surface area (Å²) in [4.78, 5) is 39.2. The minimum Gasteiger partial charge on any atom is -0.350 e. The van der Waals surface area contributed by atoms with Gasteiger partial charge in [0.15, 0.2) is 0 Å². The number of halogens is 1. The summed E-state index contributed by atoms with van der Waals surface area (Å²) in [6, 6.07) is 9.61. The second-order valence-electron chi connectivity index (χ2n) is 5.52. The quantitative estimate of drug-likeness (QED) is 0.792. The Bertz CT molecular complexity index is 907. The van der Waals surface area contributed by atoms with Crippen molar-refractivity contribution in [3.8, 4) is 0 Å². The first-order valence-corrected chi connectivity index (χ1v) is 9.43. The van der Waals surface area contributed by atoms with Crippen LogP contribution in [0.25, 0.3) is 6.08 Å². The number of hydrogen-bond acceptors (Lipinski definition) is 5. The third-order valence-corrected chi connectivity index (χ3v) is 5.56. The Hall–Kier alpha value is -2.45. The van der Waals surface area contributed by atoms with Crippen LogP contribution in [0, 0.1) is 12.7 Å². The Kier molecular flexibility index (Phi) is 5.53. The van der Waals surface area contributed by atoms with Gasteiger partial charge < -0.3 is 5.32 Å². The number of thiophene rings is 1. The van der Waals surface area contributed by atoms with Crippen molar-refractivity contribution >= 4 is 46.2 Å². The van der Waals surface area contributed by atoms with Crippen LogP contribution >= 0.6 is 23.1 Å². The highest BCUT2D eigenvalue weighted by atomic mass is 32.2. The Balaban J connectivity index is 1.61. The molecule has 5 nitrogen and oxygen atoms in total.